The number of aromatic carboxylic acids is 1. The van der Waals surface area contributed by atoms with Crippen LogP contribution in [0.4, 0.5) is 0 Å². The zero-order chi connectivity index (χ0) is 14.5. The number of hydrogen-bond donors (Lipinski definition) is 2. The van der Waals surface area contributed by atoms with Crippen LogP contribution in [0.5, 0.6) is 11.5 Å². The van der Waals surface area contributed by atoms with Gasteiger partial charge in [-0.3, -0.25) is 0 Å². The summed E-state index contributed by atoms with van der Waals surface area (Å²) in [7, 11) is 1.55. The molecule has 1 fully saturated rings. The third-order valence-electron chi connectivity index (χ3n) is 3.64. The molecule has 5 nitrogen and oxygen atoms in total. The summed E-state index contributed by atoms with van der Waals surface area (Å²) in [5.41, 5.74) is 0.199. The number of benzene rings is 1. The average Bonchev–Trinajstić information content (AvgIpc) is 2.48. The second-order valence-electron chi connectivity index (χ2n) is 5.05. The maximum atomic E-state index is 11.0. The molecule has 0 aliphatic carbocycles. The maximum absolute atomic E-state index is 11.0. The Hall–Kier alpha value is -1.75. The maximum Gasteiger partial charge on any atom is 0.335 e. The summed E-state index contributed by atoms with van der Waals surface area (Å²) in [4.78, 5) is 11.0. The van der Waals surface area contributed by atoms with Gasteiger partial charge in [-0.25, -0.2) is 4.79 Å². The van der Waals surface area contributed by atoms with Crippen molar-refractivity contribution in [3.05, 3.63) is 23.8 Å². The predicted molar refractivity (Wildman–Crippen MR) is 75.7 cm³/mol. The van der Waals surface area contributed by atoms with E-state index in [4.69, 9.17) is 14.6 Å². The average molecular weight is 279 g/mol. The highest BCUT2D eigenvalue weighted by molar-refractivity contribution is 5.88. The van der Waals surface area contributed by atoms with E-state index in [2.05, 4.69) is 5.32 Å². The summed E-state index contributed by atoms with van der Waals surface area (Å²) in [6.07, 6.45) is 3.43. The monoisotopic (exact) mass is 279 g/mol. The summed E-state index contributed by atoms with van der Waals surface area (Å²) in [5, 5.41) is 12.5. The summed E-state index contributed by atoms with van der Waals surface area (Å²) in [6.45, 7) is 3.00. The molecular formula is C15H21NO4. The lowest BCUT2D eigenvalue weighted by atomic mass is 10.0. The van der Waals surface area contributed by atoms with E-state index in [1.165, 1.54) is 25.0 Å². The fourth-order valence-corrected chi connectivity index (χ4v) is 2.46. The normalized spacial score (nSPS) is 20.2. The molecule has 0 spiro atoms. The van der Waals surface area contributed by atoms with Gasteiger partial charge in [0.05, 0.1) is 12.7 Å². The molecule has 1 aliphatic rings. The van der Waals surface area contributed by atoms with E-state index in [9.17, 15) is 4.79 Å². The van der Waals surface area contributed by atoms with Gasteiger partial charge in [0.25, 0.3) is 0 Å². The predicted octanol–water partition coefficient (Wildman–Crippen LogP) is 2.30. The van der Waals surface area contributed by atoms with Gasteiger partial charge in [-0.05, 0) is 44.5 Å². The van der Waals surface area contributed by atoms with Crippen LogP contribution >= 0.6 is 0 Å². The number of rotatable bonds is 5. The summed E-state index contributed by atoms with van der Waals surface area (Å²) >= 11 is 0. The lowest BCUT2D eigenvalue weighted by Gasteiger charge is -2.29. The Balaban J connectivity index is 2.13. The van der Waals surface area contributed by atoms with Gasteiger partial charge in [0.15, 0.2) is 11.5 Å². The Kier molecular flexibility index (Phi) is 4.84. The van der Waals surface area contributed by atoms with Crippen LogP contribution in [0, 0.1) is 0 Å². The van der Waals surface area contributed by atoms with Gasteiger partial charge in [-0.2, -0.15) is 0 Å². The third-order valence-corrected chi connectivity index (χ3v) is 3.64. The highest BCUT2D eigenvalue weighted by atomic mass is 16.5. The molecule has 0 amide bonds. The molecular weight excluding hydrogens is 258 g/mol. The summed E-state index contributed by atoms with van der Waals surface area (Å²) in [5.74, 6) is 0.0610. The first kappa shape index (κ1) is 14.7. The van der Waals surface area contributed by atoms with E-state index in [0.717, 1.165) is 13.0 Å². The first-order chi connectivity index (χ1) is 9.61. The number of nitrogens with one attached hydrogen (secondary N) is 1. The lowest BCUT2D eigenvalue weighted by molar-refractivity contribution is 0.0695. The molecule has 5 heteroatoms. The van der Waals surface area contributed by atoms with Gasteiger partial charge in [0.1, 0.15) is 6.10 Å². The van der Waals surface area contributed by atoms with Crippen LogP contribution in [0.1, 0.15) is 36.5 Å². The molecule has 2 unspecified atom stereocenters. The smallest absolute Gasteiger partial charge is 0.335 e. The van der Waals surface area contributed by atoms with Gasteiger partial charge in [-0.15, -0.1) is 0 Å². The molecule has 0 aromatic heterocycles. The van der Waals surface area contributed by atoms with Crippen molar-refractivity contribution in [2.45, 2.75) is 38.3 Å². The van der Waals surface area contributed by atoms with Crippen LogP contribution in [0.15, 0.2) is 18.2 Å². The van der Waals surface area contributed by atoms with Crippen LogP contribution in [-0.2, 0) is 0 Å². The van der Waals surface area contributed by atoms with E-state index in [1.54, 1.807) is 13.2 Å². The van der Waals surface area contributed by atoms with Gasteiger partial charge in [-0.1, -0.05) is 6.42 Å². The van der Waals surface area contributed by atoms with Crippen molar-refractivity contribution in [1.82, 2.24) is 5.32 Å². The van der Waals surface area contributed by atoms with Gasteiger partial charge < -0.3 is 19.9 Å². The standard InChI is InChI=1S/C15H21NO4/c1-10(12-5-3-4-8-16-12)20-14-9-11(15(17)18)6-7-13(14)19-2/h6-7,9-10,12,16H,3-5,8H2,1-2H3,(H,17,18). The minimum absolute atomic E-state index is 0.0340. The minimum Gasteiger partial charge on any atom is -0.493 e. The molecule has 1 aromatic carbocycles. The summed E-state index contributed by atoms with van der Waals surface area (Å²) < 4.78 is 11.1. The Morgan fingerprint density at radius 3 is 2.80 bits per heavy atom. The fourth-order valence-electron chi connectivity index (χ4n) is 2.46. The van der Waals surface area contributed by atoms with E-state index < -0.39 is 5.97 Å². The van der Waals surface area contributed by atoms with Crippen molar-refractivity contribution < 1.29 is 19.4 Å². The second-order valence-corrected chi connectivity index (χ2v) is 5.05. The Morgan fingerprint density at radius 2 is 2.20 bits per heavy atom. The summed E-state index contributed by atoms with van der Waals surface area (Å²) in [6, 6.07) is 4.94. The van der Waals surface area contributed by atoms with E-state index in [1.807, 2.05) is 6.92 Å². The second kappa shape index (κ2) is 6.61. The highest BCUT2D eigenvalue weighted by Crippen LogP contribution is 2.30. The Morgan fingerprint density at radius 1 is 1.40 bits per heavy atom. The van der Waals surface area contributed by atoms with Crippen LogP contribution in [0.3, 0.4) is 0 Å². The van der Waals surface area contributed by atoms with E-state index >= 15 is 0 Å². The minimum atomic E-state index is -0.971. The third kappa shape index (κ3) is 3.42. The van der Waals surface area contributed by atoms with Gasteiger partial charge in [0.2, 0.25) is 0 Å². The first-order valence-corrected chi connectivity index (χ1v) is 6.93. The Bertz CT molecular complexity index is 469. The van der Waals surface area contributed by atoms with Crippen LogP contribution in [0.25, 0.3) is 0 Å². The lowest BCUT2D eigenvalue weighted by Crippen LogP contribution is -2.44. The van der Waals surface area contributed by atoms with Crippen LogP contribution in [0.2, 0.25) is 0 Å². The molecule has 2 rings (SSSR count). The zero-order valence-electron chi connectivity index (χ0n) is 11.9. The molecule has 0 bridgehead atoms. The van der Waals surface area contributed by atoms with E-state index in [0.29, 0.717) is 17.5 Å². The molecule has 2 N–H and O–H groups in total. The number of carboxylic acids is 1. The van der Waals surface area contributed by atoms with Crippen LogP contribution in [-0.4, -0.2) is 36.9 Å². The molecule has 1 saturated heterocycles. The quantitative estimate of drug-likeness (QED) is 0.865. The molecule has 110 valence electrons. The Labute approximate surface area is 118 Å². The number of methoxy groups -OCH3 is 1. The van der Waals surface area contributed by atoms with Gasteiger partial charge in [0, 0.05) is 6.04 Å². The van der Waals surface area contributed by atoms with Crippen molar-refractivity contribution in [3.63, 3.8) is 0 Å². The molecule has 20 heavy (non-hydrogen) atoms. The van der Waals surface area contributed by atoms with Crippen molar-refractivity contribution in [2.24, 2.45) is 0 Å². The van der Waals surface area contributed by atoms with Gasteiger partial charge >= 0.3 is 5.97 Å². The zero-order valence-corrected chi connectivity index (χ0v) is 11.9. The molecule has 0 radical (unpaired) electrons. The SMILES string of the molecule is COc1ccc(C(=O)O)cc1OC(C)C1CCCCN1. The van der Waals surface area contributed by atoms with Crippen molar-refractivity contribution in [3.8, 4) is 11.5 Å². The highest BCUT2D eigenvalue weighted by Gasteiger charge is 2.22. The number of carbonyl (C=O) groups is 1. The number of hydrogen-bond acceptors (Lipinski definition) is 4. The molecule has 1 aromatic rings. The fraction of sp³-hybridized carbons (Fsp3) is 0.533. The molecule has 1 aliphatic heterocycles. The molecule has 0 saturated carbocycles. The van der Waals surface area contributed by atoms with Crippen molar-refractivity contribution >= 4 is 5.97 Å². The van der Waals surface area contributed by atoms with Crippen molar-refractivity contribution in [2.75, 3.05) is 13.7 Å². The number of ether oxygens (including phenoxy) is 2. The number of carboxylic acid groups (broad SMARTS) is 1. The van der Waals surface area contributed by atoms with Crippen molar-refractivity contribution in [1.29, 1.82) is 0 Å². The van der Waals surface area contributed by atoms with Crippen LogP contribution < -0.4 is 14.8 Å². The largest absolute Gasteiger partial charge is 0.493 e. The number of piperidine rings is 1. The van der Waals surface area contributed by atoms with E-state index in [-0.39, 0.29) is 11.7 Å². The molecule has 1 heterocycles. The topological polar surface area (TPSA) is 67.8 Å². The first-order valence-electron chi connectivity index (χ1n) is 6.93. The molecule has 2 atom stereocenters.